The van der Waals surface area contributed by atoms with E-state index in [9.17, 15) is 15.2 Å². The second kappa shape index (κ2) is 8.13. The van der Waals surface area contributed by atoms with E-state index in [4.69, 9.17) is 0 Å². The Bertz CT molecular complexity index is 895. The summed E-state index contributed by atoms with van der Waals surface area (Å²) in [6, 6.07) is 10.7. The van der Waals surface area contributed by atoms with Crippen molar-refractivity contribution in [1.82, 2.24) is 4.57 Å². The van der Waals surface area contributed by atoms with Gasteiger partial charge in [-0.15, -0.1) is 0 Å². The molecule has 0 spiro atoms. The second-order valence-electron chi connectivity index (χ2n) is 7.16. The molecule has 0 unspecified atom stereocenters. The van der Waals surface area contributed by atoms with E-state index in [2.05, 4.69) is 29.8 Å². The lowest BCUT2D eigenvalue weighted by Crippen LogP contribution is -2.15. The Hall–Kier alpha value is -3.00. The second-order valence-corrected chi connectivity index (χ2v) is 7.16. The van der Waals surface area contributed by atoms with Crippen LogP contribution in [0.2, 0.25) is 0 Å². The van der Waals surface area contributed by atoms with Crippen molar-refractivity contribution in [3.8, 4) is 11.8 Å². The van der Waals surface area contributed by atoms with Crippen LogP contribution in [-0.4, -0.2) is 15.6 Å². The van der Waals surface area contributed by atoms with Crippen molar-refractivity contribution in [1.29, 1.82) is 5.26 Å². The van der Waals surface area contributed by atoms with Crippen molar-refractivity contribution in [2.75, 3.05) is 5.32 Å². The number of carbonyl (C=O) groups is 1. The Morgan fingerprint density at radius 3 is 2.52 bits per heavy atom. The van der Waals surface area contributed by atoms with E-state index >= 15 is 0 Å². The van der Waals surface area contributed by atoms with E-state index in [1.807, 2.05) is 6.07 Å². The van der Waals surface area contributed by atoms with Crippen molar-refractivity contribution < 1.29 is 9.90 Å². The lowest BCUT2D eigenvalue weighted by molar-refractivity contribution is -0.112. The highest BCUT2D eigenvalue weighted by Crippen LogP contribution is 2.32. The summed E-state index contributed by atoms with van der Waals surface area (Å²) < 4.78 is 2.36. The molecular weight excluding hydrogens is 338 g/mol. The minimum absolute atomic E-state index is 0.0620. The van der Waals surface area contributed by atoms with E-state index < -0.39 is 5.91 Å². The van der Waals surface area contributed by atoms with E-state index in [0.717, 1.165) is 11.3 Å². The van der Waals surface area contributed by atoms with Crippen molar-refractivity contribution in [2.24, 2.45) is 0 Å². The molecule has 1 amide bonds. The highest BCUT2D eigenvalue weighted by molar-refractivity contribution is 6.09. The number of nitrogens with zero attached hydrogens (tertiary/aromatic N) is 2. The number of hydrogen-bond donors (Lipinski definition) is 2. The fourth-order valence-corrected chi connectivity index (χ4v) is 3.90. The highest BCUT2D eigenvalue weighted by Gasteiger charge is 2.20. The molecule has 0 atom stereocenters. The number of nitrogens with one attached hydrogen (secondary N) is 1. The molecule has 27 heavy (non-hydrogen) atoms. The molecule has 1 aromatic carbocycles. The van der Waals surface area contributed by atoms with Gasteiger partial charge in [0, 0.05) is 23.1 Å². The Labute approximate surface area is 159 Å². The number of phenols is 1. The van der Waals surface area contributed by atoms with Gasteiger partial charge >= 0.3 is 0 Å². The van der Waals surface area contributed by atoms with Crippen molar-refractivity contribution in [3.05, 3.63) is 52.9 Å². The average Bonchev–Trinajstić information content (AvgIpc) is 2.95. The Kier molecular flexibility index (Phi) is 5.66. The summed E-state index contributed by atoms with van der Waals surface area (Å²) in [5, 5.41) is 21.5. The van der Waals surface area contributed by atoms with Gasteiger partial charge in [-0.2, -0.15) is 5.26 Å². The molecule has 1 aliphatic rings. The number of benzene rings is 1. The standard InChI is InChI=1S/C22H25N3O2/c1-15-12-17(16(2)25(15)20-6-4-3-5-7-20)13-18(14-23)22(27)24-19-8-10-21(26)11-9-19/h8-13,20,26H,3-7H2,1-2H3,(H,24,27)/b18-13+. The summed E-state index contributed by atoms with van der Waals surface area (Å²) in [5.41, 5.74) is 3.78. The van der Waals surface area contributed by atoms with E-state index in [1.165, 1.54) is 49.9 Å². The quantitative estimate of drug-likeness (QED) is 0.462. The first-order chi connectivity index (χ1) is 13.0. The van der Waals surface area contributed by atoms with Gasteiger partial charge in [-0.25, -0.2) is 0 Å². The van der Waals surface area contributed by atoms with Crippen LogP contribution < -0.4 is 5.32 Å². The van der Waals surface area contributed by atoms with Gasteiger partial charge in [0.2, 0.25) is 0 Å². The molecule has 1 aliphatic carbocycles. The topological polar surface area (TPSA) is 78.1 Å². The molecule has 5 nitrogen and oxygen atoms in total. The van der Waals surface area contributed by atoms with Crippen molar-refractivity contribution in [2.45, 2.75) is 52.0 Å². The zero-order valence-corrected chi connectivity index (χ0v) is 15.8. The van der Waals surface area contributed by atoms with Gasteiger partial charge in [-0.3, -0.25) is 4.79 Å². The number of phenolic OH excluding ortho intramolecular Hbond substituents is 1. The third kappa shape index (κ3) is 4.22. The molecule has 0 saturated heterocycles. The van der Waals surface area contributed by atoms with Crippen LogP contribution in [0, 0.1) is 25.2 Å². The molecule has 2 N–H and O–H groups in total. The van der Waals surface area contributed by atoms with Crippen LogP contribution in [0.3, 0.4) is 0 Å². The third-order valence-electron chi connectivity index (χ3n) is 5.25. The lowest BCUT2D eigenvalue weighted by Gasteiger charge is -2.26. The molecule has 3 rings (SSSR count). The number of hydrogen-bond acceptors (Lipinski definition) is 3. The average molecular weight is 363 g/mol. The molecule has 0 radical (unpaired) electrons. The maximum absolute atomic E-state index is 12.5. The number of anilines is 1. The molecule has 1 heterocycles. The molecule has 1 fully saturated rings. The van der Waals surface area contributed by atoms with E-state index in [-0.39, 0.29) is 11.3 Å². The molecule has 140 valence electrons. The van der Waals surface area contributed by atoms with Crippen LogP contribution in [0.5, 0.6) is 5.75 Å². The van der Waals surface area contributed by atoms with Crippen LogP contribution in [0.1, 0.15) is 55.1 Å². The van der Waals surface area contributed by atoms with Crippen LogP contribution in [0.4, 0.5) is 5.69 Å². The summed E-state index contributed by atoms with van der Waals surface area (Å²) >= 11 is 0. The maximum Gasteiger partial charge on any atom is 0.266 e. The van der Waals surface area contributed by atoms with Gasteiger partial charge in [0.25, 0.3) is 5.91 Å². The van der Waals surface area contributed by atoms with Crippen molar-refractivity contribution in [3.63, 3.8) is 0 Å². The van der Waals surface area contributed by atoms with Crippen LogP contribution in [-0.2, 0) is 4.79 Å². The summed E-state index contributed by atoms with van der Waals surface area (Å²) in [5.74, 6) is -0.329. The van der Waals surface area contributed by atoms with Gasteiger partial charge in [0.15, 0.2) is 0 Å². The number of rotatable bonds is 4. The van der Waals surface area contributed by atoms with Gasteiger partial charge in [0.05, 0.1) is 0 Å². The molecule has 2 aromatic rings. The largest absolute Gasteiger partial charge is 0.508 e. The molecule has 5 heteroatoms. The first-order valence-corrected chi connectivity index (χ1v) is 9.40. The monoisotopic (exact) mass is 363 g/mol. The fraction of sp³-hybridized carbons (Fsp3) is 0.364. The normalized spacial score (nSPS) is 15.4. The Balaban J connectivity index is 1.84. The Morgan fingerprint density at radius 2 is 1.89 bits per heavy atom. The molecule has 0 aliphatic heterocycles. The summed E-state index contributed by atoms with van der Waals surface area (Å²) in [6.45, 7) is 4.14. The highest BCUT2D eigenvalue weighted by atomic mass is 16.3. The molecule has 1 saturated carbocycles. The van der Waals surface area contributed by atoms with Gasteiger partial charge in [-0.05, 0) is 68.7 Å². The summed E-state index contributed by atoms with van der Waals surface area (Å²) in [6.07, 6.45) is 7.85. The van der Waals surface area contributed by atoms with Crippen LogP contribution >= 0.6 is 0 Å². The van der Waals surface area contributed by atoms with Gasteiger partial charge in [0.1, 0.15) is 17.4 Å². The SMILES string of the molecule is Cc1cc(/C=C(\C#N)C(=O)Nc2ccc(O)cc2)c(C)n1C1CCCCC1. The number of aryl methyl sites for hydroxylation is 1. The van der Waals surface area contributed by atoms with Crippen LogP contribution in [0.15, 0.2) is 35.9 Å². The number of nitriles is 1. The Morgan fingerprint density at radius 1 is 1.22 bits per heavy atom. The zero-order chi connectivity index (χ0) is 19.4. The summed E-state index contributed by atoms with van der Waals surface area (Å²) in [4.78, 5) is 12.5. The number of aromatic hydroxyl groups is 1. The van der Waals surface area contributed by atoms with Gasteiger partial charge in [-0.1, -0.05) is 19.3 Å². The number of amides is 1. The maximum atomic E-state index is 12.5. The minimum Gasteiger partial charge on any atom is -0.508 e. The first kappa shape index (κ1) is 18.8. The summed E-state index contributed by atoms with van der Waals surface area (Å²) in [7, 11) is 0. The molecule has 0 bridgehead atoms. The predicted molar refractivity (Wildman–Crippen MR) is 106 cm³/mol. The smallest absolute Gasteiger partial charge is 0.266 e. The number of aromatic nitrogens is 1. The zero-order valence-electron chi connectivity index (χ0n) is 15.8. The first-order valence-electron chi connectivity index (χ1n) is 9.40. The molecular formula is C22H25N3O2. The van der Waals surface area contributed by atoms with Crippen LogP contribution in [0.25, 0.3) is 6.08 Å². The molecule has 1 aromatic heterocycles. The van der Waals surface area contributed by atoms with Gasteiger partial charge < -0.3 is 15.0 Å². The lowest BCUT2D eigenvalue weighted by atomic mass is 9.95. The van der Waals surface area contributed by atoms with E-state index in [0.29, 0.717) is 11.7 Å². The predicted octanol–water partition coefficient (Wildman–Crippen LogP) is 4.86. The number of carbonyl (C=O) groups excluding carboxylic acids is 1. The minimum atomic E-state index is -0.453. The third-order valence-corrected chi connectivity index (χ3v) is 5.25. The van der Waals surface area contributed by atoms with E-state index in [1.54, 1.807) is 18.2 Å². The van der Waals surface area contributed by atoms with Crippen molar-refractivity contribution >= 4 is 17.7 Å². The fourth-order valence-electron chi connectivity index (χ4n) is 3.90.